The summed E-state index contributed by atoms with van der Waals surface area (Å²) in [7, 11) is 0. The zero-order valence-electron chi connectivity index (χ0n) is 21.2. The van der Waals surface area contributed by atoms with Gasteiger partial charge in [0.05, 0.1) is 28.8 Å². The Bertz CT molecular complexity index is 1770. The summed E-state index contributed by atoms with van der Waals surface area (Å²) < 4.78 is 20.6. The normalized spacial score (nSPS) is 14.0. The lowest BCUT2D eigenvalue weighted by Gasteiger charge is -2.15. The van der Waals surface area contributed by atoms with Gasteiger partial charge in [0.1, 0.15) is 23.9 Å². The van der Waals surface area contributed by atoms with Crippen LogP contribution in [0.1, 0.15) is 12.8 Å². The SMILES string of the molecule is Fc1cc(OCCN2CCCC2)cc(-c2nccc3[nH]c(-c4n[nH]c5ccc(-c6cnccn6)cc45)cc23)c1. The van der Waals surface area contributed by atoms with Crippen molar-refractivity contribution in [2.24, 2.45) is 0 Å². The Kier molecular flexibility index (Phi) is 5.97. The third-order valence-corrected chi connectivity index (χ3v) is 7.24. The van der Waals surface area contributed by atoms with Crippen LogP contribution in [0.4, 0.5) is 4.39 Å². The van der Waals surface area contributed by atoms with Gasteiger partial charge in [0.25, 0.3) is 0 Å². The minimum absolute atomic E-state index is 0.354. The summed E-state index contributed by atoms with van der Waals surface area (Å²) in [5.74, 6) is 0.154. The van der Waals surface area contributed by atoms with Gasteiger partial charge in [-0.15, -0.1) is 0 Å². The molecule has 8 nitrogen and oxygen atoms in total. The molecule has 194 valence electrons. The van der Waals surface area contributed by atoms with E-state index < -0.39 is 0 Å². The minimum Gasteiger partial charge on any atom is -0.492 e. The lowest BCUT2D eigenvalue weighted by atomic mass is 10.1. The van der Waals surface area contributed by atoms with Crippen molar-refractivity contribution < 1.29 is 9.13 Å². The van der Waals surface area contributed by atoms with Crippen molar-refractivity contribution in [1.82, 2.24) is 35.0 Å². The zero-order chi connectivity index (χ0) is 26.2. The number of aromatic nitrogens is 6. The molecule has 4 aromatic heterocycles. The number of nitrogens with zero attached hydrogens (tertiary/aromatic N) is 5. The molecule has 2 N–H and O–H groups in total. The molecule has 39 heavy (non-hydrogen) atoms. The maximum absolute atomic E-state index is 14.7. The number of benzene rings is 2. The van der Waals surface area contributed by atoms with Crippen LogP contribution >= 0.6 is 0 Å². The Morgan fingerprint density at radius 3 is 2.62 bits per heavy atom. The van der Waals surface area contributed by atoms with Gasteiger partial charge < -0.3 is 9.72 Å². The fourth-order valence-corrected chi connectivity index (χ4v) is 5.32. The summed E-state index contributed by atoms with van der Waals surface area (Å²) >= 11 is 0. The van der Waals surface area contributed by atoms with Crippen molar-refractivity contribution in [3.05, 3.63) is 79.1 Å². The maximum atomic E-state index is 14.7. The molecule has 0 aliphatic carbocycles. The smallest absolute Gasteiger partial charge is 0.127 e. The highest BCUT2D eigenvalue weighted by Gasteiger charge is 2.17. The molecule has 6 aromatic rings. The van der Waals surface area contributed by atoms with Crippen molar-refractivity contribution in [3.63, 3.8) is 0 Å². The number of fused-ring (bicyclic) bond motifs is 2. The molecule has 0 amide bonds. The van der Waals surface area contributed by atoms with Crippen molar-refractivity contribution in [1.29, 1.82) is 0 Å². The number of ether oxygens (including phenoxy) is 1. The molecule has 0 bridgehead atoms. The average molecular weight is 520 g/mol. The Morgan fingerprint density at radius 2 is 1.74 bits per heavy atom. The third-order valence-electron chi connectivity index (χ3n) is 7.24. The monoisotopic (exact) mass is 519 g/mol. The van der Waals surface area contributed by atoms with Crippen molar-refractivity contribution in [2.45, 2.75) is 12.8 Å². The first-order chi connectivity index (χ1) is 19.2. The predicted molar refractivity (Wildman–Crippen MR) is 149 cm³/mol. The van der Waals surface area contributed by atoms with E-state index in [-0.39, 0.29) is 5.82 Å². The van der Waals surface area contributed by atoms with E-state index >= 15 is 0 Å². The highest BCUT2D eigenvalue weighted by Crippen LogP contribution is 2.35. The summed E-state index contributed by atoms with van der Waals surface area (Å²) in [5, 5.41) is 9.55. The molecule has 0 radical (unpaired) electrons. The summed E-state index contributed by atoms with van der Waals surface area (Å²) in [6.07, 6.45) is 9.27. The zero-order valence-corrected chi connectivity index (χ0v) is 21.2. The molecule has 0 saturated carbocycles. The first kappa shape index (κ1) is 23.5. The van der Waals surface area contributed by atoms with Gasteiger partial charge in [0, 0.05) is 58.6 Å². The second kappa shape index (κ2) is 9.92. The maximum Gasteiger partial charge on any atom is 0.127 e. The van der Waals surface area contributed by atoms with Gasteiger partial charge in [-0.3, -0.25) is 25.0 Å². The van der Waals surface area contributed by atoms with Gasteiger partial charge in [0.15, 0.2) is 0 Å². The van der Waals surface area contributed by atoms with Crippen LogP contribution in [-0.2, 0) is 0 Å². The van der Waals surface area contributed by atoms with Crippen molar-refractivity contribution in [2.75, 3.05) is 26.2 Å². The number of hydrogen-bond donors (Lipinski definition) is 2. The number of pyridine rings is 1. The van der Waals surface area contributed by atoms with E-state index in [0.29, 0.717) is 23.6 Å². The first-order valence-electron chi connectivity index (χ1n) is 13.1. The fraction of sp³-hybridized carbons (Fsp3) is 0.200. The number of hydrogen-bond acceptors (Lipinski definition) is 6. The molecular weight excluding hydrogens is 493 g/mol. The van der Waals surface area contributed by atoms with Crippen LogP contribution in [0.3, 0.4) is 0 Å². The highest BCUT2D eigenvalue weighted by molar-refractivity contribution is 6.00. The number of rotatable bonds is 7. The Balaban J connectivity index is 1.23. The Hall–Kier alpha value is -4.63. The van der Waals surface area contributed by atoms with Crippen LogP contribution in [-0.4, -0.2) is 61.3 Å². The number of aromatic amines is 2. The van der Waals surface area contributed by atoms with Gasteiger partial charge in [-0.05, 0) is 62.3 Å². The standard InChI is InChI=1S/C30H26FN7O/c31-21-13-20(14-22(16-21)39-12-11-38-9-1-2-10-38)29-24-17-27(35-25(24)5-6-34-29)30-23-15-19(3-4-26(23)36-37-30)28-18-32-7-8-33-28/h3-8,13-18,35H,1-2,9-12H2,(H,36,37). The Labute approximate surface area is 223 Å². The van der Waals surface area contributed by atoms with E-state index in [2.05, 4.69) is 41.1 Å². The molecule has 0 atom stereocenters. The van der Waals surface area contributed by atoms with Gasteiger partial charge >= 0.3 is 0 Å². The topological polar surface area (TPSA) is 95.6 Å². The van der Waals surface area contributed by atoms with E-state index in [1.807, 2.05) is 30.3 Å². The number of nitrogens with one attached hydrogen (secondary N) is 2. The van der Waals surface area contributed by atoms with Gasteiger partial charge in [-0.2, -0.15) is 5.10 Å². The van der Waals surface area contributed by atoms with Crippen LogP contribution in [0.2, 0.25) is 0 Å². The summed E-state index contributed by atoms with van der Waals surface area (Å²) in [4.78, 5) is 19.1. The lowest BCUT2D eigenvalue weighted by Crippen LogP contribution is -2.25. The molecule has 5 heterocycles. The average Bonchev–Trinajstić information content (AvgIpc) is 3.72. The van der Waals surface area contributed by atoms with Crippen LogP contribution in [0.5, 0.6) is 5.75 Å². The van der Waals surface area contributed by atoms with Gasteiger partial charge in [-0.1, -0.05) is 6.07 Å². The number of halogens is 1. The molecule has 0 unspecified atom stereocenters. The molecule has 1 aliphatic rings. The van der Waals surface area contributed by atoms with Crippen LogP contribution in [0.15, 0.2) is 73.3 Å². The van der Waals surface area contributed by atoms with Gasteiger partial charge in [-0.25, -0.2) is 4.39 Å². The molecule has 9 heteroatoms. The molecule has 1 saturated heterocycles. The second-order valence-electron chi connectivity index (χ2n) is 9.80. The van der Waals surface area contributed by atoms with Crippen molar-refractivity contribution in [3.8, 4) is 39.7 Å². The lowest BCUT2D eigenvalue weighted by molar-refractivity contribution is 0.237. The Morgan fingerprint density at radius 1 is 0.846 bits per heavy atom. The van der Waals surface area contributed by atoms with Crippen LogP contribution < -0.4 is 4.74 Å². The molecular formula is C30H26FN7O. The quantitative estimate of drug-likeness (QED) is 0.275. The number of likely N-dealkylation sites (tertiary alicyclic amines) is 1. The number of H-pyrrole nitrogens is 2. The second-order valence-corrected chi connectivity index (χ2v) is 9.80. The molecule has 7 rings (SSSR count). The van der Waals surface area contributed by atoms with E-state index in [1.165, 1.54) is 25.0 Å². The molecule has 0 spiro atoms. The van der Waals surface area contributed by atoms with Crippen LogP contribution in [0, 0.1) is 5.82 Å². The predicted octanol–water partition coefficient (Wildman–Crippen LogP) is 5.84. The van der Waals surface area contributed by atoms with E-state index in [4.69, 9.17) is 4.74 Å². The van der Waals surface area contributed by atoms with Gasteiger partial charge in [0.2, 0.25) is 0 Å². The highest BCUT2D eigenvalue weighted by atomic mass is 19.1. The van der Waals surface area contributed by atoms with E-state index in [1.54, 1.807) is 24.8 Å². The minimum atomic E-state index is -0.354. The van der Waals surface area contributed by atoms with E-state index in [0.717, 1.165) is 64.1 Å². The van der Waals surface area contributed by atoms with Crippen molar-refractivity contribution >= 4 is 21.8 Å². The molecule has 1 aliphatic heterocycles. The fourth-order valence-electron chi connectivity index (χ4n) is 5.32. The first-order valence-corrected chi connectivity index (χ1v) is 13.1. The molecule has 2 aromatic carbocycles. The summed E-state index contributed by atoms with van der Waals surface area (Å²) in [6, 6.07) is 14.8. The van der Waals surface area contributed by atoms with Crippen LogP contribution in [0.25, 0.3) is 55.7 Å². The largest absolute Gasteiger partial charge is 0.492 e. The summed E-state index contributed by atoms with van der Waals surface area (Å²) in [5.41, 5.74) is 6.50. The van der Waals surface area contributed by atoms with E-state index in [9.17, 15) is 4.39 Å². The summed E-state index contributed by atoms with van der Waals surface area (Å²) in [6.45, 7) is 3.58. The molecule has 1 fully saturated rings. The third kappa shape index (κ3) is 4.61.